The number of carbonyl (C=O) groups is 1. The van der Waals surface area contributed by atoms with Gasteiger partial charge >= 0.3 is 6.09 Å². The Bertz CT molecular complexity index is 566. The zero-order chi connectivity index (χ0) is 18.1. The molecule has 25 heavy (non-hydrogen) atoms. The quantitative estimate of drug-likeness (QED) is 0.604. The van der Waals surface area contributed by atoms with Crippen LogP contribution in [0.4, 0.5) is 4.79 Å². The van der Waals surface area contributed by atoms with E-state index in [1.165, 1.54) is 5.56 Å². The van der Waals surface area contributed by atoms with E-state index < -0.39 is 0 Å². The molecule has 0 bridgehead atoms. The number of aliphatic imine (C=N–C) groups is 1. The molecular formula is C18H28N4O3. The number of nitrogens with two attached hydrogens (primary N) is 1. The van der Waals surface area contributed by atoms with Crippen molar-refractivity contribution in [3.05, 3.63) is 29.8 Å². The Labute approximate surface area is 149 Å². The second kappa shape index (κ2) is 9.76. The number of benzene rings is 1. The molecule has 138 valence electrons. The van der Waals surface area contributed by atoms with E-state index in [9.17, 15) is 4.79 Å². The van der Waals surface area contributed by atoms with Crippen LogP contribution in [0.2, 0.25) is 0 Å². The minimum atomic E-state index is -0.234. The van der Waals surface area contributed by atoms with Gasteiger partial charge in [0.1, 0.15) is 5.75 Å². The summed E-state index contributed by atoms with van der Waals surface area (Å²) in [5.41, 5.74) is 7.16. The fourth-order valence-electron chi connectivity index (χ4n) is 2.77. The first-order chi connectivity index (χ1) is 12.1. The number of nitrogens with zero attached hydrogens (tertiary/aromatic N) is 2. The molecule has 7 nitrogen and oxygen atoms in total. The number of hydrogen-bond acceptors (Lipinski definition) is 4. The van der Waals surface area contributed by atoms with E-state index in [4.69, 9.17) is 15.2 Å². The van der Waals surface area contributed by atoms with E-state index in [1.807, 2.05) is 31.2 Å². The zero-order valence-electron chi connectivity index (χ0n) is 15.0. The molecule has 7 heteroatoms. The summed E-state index contributed by atoms with van der Waals surface area (Å²) >= 11 is 0. The number of guanidine groups is 1. The average molecular weight is 348 g/mol. The third kappa shape index (κ3) is 6.17. The van der Waals surface area contributed by atoms with Gasteiger partial charge in [0.05, 0.1) is 13.7 Å². The fourth-order valence-corrected chi connectivity index (χ4v) is 2.77. The Kier molecular flexibility index (Phi) is 7.37. The van der Waals surface area contributed by atoms with E-state index in [1.54, 1.807) is 12.0 Å². The van der Waals surface area contributed by atoms with Crippen LogP contribution >= 0.6 is 0 Å². The molecule has 0 radical (unpaired) electrons. The summed E-state index contributed by atoms with van der Waals surface area (Å²) in [6, 6.07) is 8.19. The first kappa shape index (κ1) is 18.9. The molecule has 1 aromatic carbocycles. The molecule has 1 heterocycles. The molecule has 1 saturated heterocycles. The van der Waals surface area contributed by atoms with Gasteiger partial charge in [0.15, 0.2) is 5.96 Å². The van der Waals surface area contributed by atoms with Crippen LogP contribution in [0.1, 0.15) is 25.3 Å². The molecule has 1 amide bonds. The average Bonchev–Trinajstić information content (AvgIpc) is 2.63. The molecule has 0 aliphatic carbocycles. The molecule has 2 rings (SSSR count). The molecule has 3 N–H and O–H groups in total. The lowest BCUT2D eigenvalue weighted by Crippen LogP contribution is -2.48. The van der Waals surface area contributed by atoms with Crippen LogP contribution in [0, 0.1) is 0 Å². The highest BCUT2D eigenvalue weighted by molar-refractivity contribution is 5.78. The number of amides is 1. The number of ether oxygens (including phenoxy) is 2. The minimum absolute atomic E-state index is 0.234. The summed E-state index contributed by atoms with van der Waals surface area (Å²) in [5, 5.41) is 3.24. The maximum atomic E-state index is 11.7. The highest BCUT2D eigenvalue weighted by atomic mass is 16.6. The first-order valence-corrected chi connectivity index (χ1v) is 8.73. The fraction of sp³-hybridized carbons (Fsp3) is 0.556. The predicted molar refractivity (Wildman–Crippen MR) is 97.9 cm³/mol. The normalized spacial score (nSPS) is 15.8. The zero-order valence-corrected chi connectivity index (χ0v) is 15.0. The Morgan fingerprint density at radius 2 is 2.00 bits per heavy atom. The maximum Gasteiger partial charge on any atom is 0.409 e. The molecule has 0 unspecified atom stereocenters. The third-order valence-corrected chi connectivity index (χ3v) is 4.21. The monoisotopic (exact) mass is 348 g/mol. The van der Waals surface area contributed by atoms with Crippen LogP contribution in [-0.4, -0.2) is 56.3 Å². The van der Waals surface area contributed by atoms with Gasteiger partial charge in [0.2, 0.25) is 0 Å². The summed E-state index contributed by atoms with van der Waals surface area (Å²) in [5.74, 6) is 1.31. The largest absolute Gasteiger partial charge is 0.497 e. The standard InChI is InChI=1S/C18H28N4O3/c1-3-25-18(23)22-12-9-15(10-13-22)21-17(19)20-11-8-14-4-6-16(24-2)7-5-14/h4-7,15H,3,8-13H2,1-2H3,(H3,19,20,21). The molecule has 0 saturated carbocycles. The van der Waals surface area contributed by atoms with E-state index in [-0.39, 0.29) is 12.1 Å². The SMILES string of the molecule is CCOC(=O)N1CCC(NC(N)=NCCc2ccc(OC)cc2)CC1. The minimum Gasteiger partial charge on any atom is -0.497 e. The van der Waals surface area contributed by atoms with E-state index in [0.717, 1.165) is 25.0 Å². The number of hydrogen-bond donors (Lipinski definition) is 2. The maximum absolute atomic E-state index is 11.7. The predicted octanol–water partition coefficient (Wildman–Crippen LogP) is 1.76. The first-order valence-electron chi connectivity index (χ1n) is 8.73. The summed E-state index contributed by atoms with van der Waals surface area (Å²) in [6.45, 7) is 4.21. The van der Waals surface area contributed by atoms with Crippen molar-refractivity contribution in [3.63, 3.8) is 0 Å². The summed E-state index contributed by atoms with van der Waals surface area (Å²) < 4.78 is 10.2. The van der Waals surface area contributed by atoms with Crippen LogP contribution < -0.4 is 15.8 Å². The van der Waals surface area contributed by atoms with Gasteiger partial charge in [-0.2, -0.15) is 0 Å². The van der Waals surface area contributed by atoms with Gasteiger partial charge in [-0.1, -0.05) is 12.1 Å². The number of carbonyl (C=O) groups excluding carboxylic acids is 1. The van der Waals surface area contributed by atoms with E-state index in [2.05, 4.69) is 10.3 Å². The Hall–Kier alpha value is -2.44. The van der Waals surface area contributed by atoms with Crippen molar-refractivity contribution >= 4 is 12.1 Å². The lowest BCUT2D eigenvalue weighted by Gasteiger charge is -2.31. The molecule has 1 aliphatic rings. The second-order valence-corrected chi connectivity index (χ2v) is 5.97. The molecule has 0 spiro atoms. The van der Waals surface area contributed by atoms with Gasteiger partial charge < -0.3 is 25.4 Å². The third-order valence-electron chi connectivity index (χ3n) is 4.21. The van der Waals surface area contributed by atoms with E-state index in [0.29, 0.717) is 32.2 Å². The molecule has 1 aromatic rings. The lowest BCUT2D eigenvalue weighted by molar-refractivity contribution is 0.0963. The highest BCUT2D eigenvalue weighted by Crippen LogP contribution is 2.12. The summed E-state index contributed by atoms with van der Waals surface area (Å²) in [6.07, 6.45) is 2.27. The Balaban J connectivity index is 1.70. The van der Waals surface area contributed by atoms with Crippen molar-refractivity contribution < 1.29 is 14.3 Å². The van der Waals surface area contributed by atoms with Gasteiger partial charge in [-0.15, -0.1) is 0 Å². The number of piperidine rings is 1. The number of likely N-dealkylation sites (tertiary alicyclic amines) is 1. The molecule has 0 atom stereocenters. The van der Waals surface area contributed by atoms with Gasteiger partial charge in [-0.05, 0) is 43.9 Å². The number of nitrogens with one attached hydrogen (secondary N) is 1. The van der Waals surface area contributed by atoms with Crippen LogP contribution in [0.5, 0.6) is 5.75 Å². The number of rotatable bonds is 6. The van der Waals surface area contributed by atoms with Gasteiger partial charge in [0.25, 0.3) is 0 Å². The summed E-state index contributed by atoms with van der Waals surface area (Å²) in [7, 11) is 1.66. The van der Waals surface area contributed by atoms with Gasteiger partial charge in [-0.3, -0.25) is 4.99 Å². The van der Waals surface area contributed by atoms with E-state index >= 15 is 0 Å². The molecule has 1 aliphatic heterocycles. The lowest BCUT2D eigenvalue weighted by atomic mass is 10.1. The topological polar surface area (TPSA) is 89.2 Å². The van der Waals surface area contributed by atoms with Crippen LogP contribution in [-0.2, 0) is 11.2 Å². The van der Waals surface area contributed by atoms with Crippen molar-refractivity contribution in [1.82, 2.24) is 10.2 Å². The number of methoxy groups -OCH3 is 1. The van der Waals surface area contributed by atoms with Gasteiger partial charge in [-0.25, -0.2) is 4.79 Å². The molecule has 0 aromatic heterocycles. The molecule has 1 fully saturated rings. The highest BCUT2D eigenvalue weighted by Gasteiger charge is 2.23. The second-order valence-electron chi connectivity index (χ2n) is 5.97. The van der Waals surface area contributed by atoms with Crippen LogP contribution in [0.15, 0.2) is 29.3 Å². The van der Waals surface area contributed by atoms with Crippen molar-refractivity contribution in [3.8, 4) is 5.75 Å². The van der Waals surface area contributed by atoms with Crippen molar-refractivity contribution in [1.29, 1.82) is 0 Å². The Morgan fingerprint density at radius 1 is 1.32 bits per heavy atom. The van der Waals surface area contributed by atoms with Crippen molar-refractivity contribution in [2.45, 2.75) is 32.2 Å². The van der Waals surface area contributed by atoms with Gasteiger partial charge in [0, 0.05) is 25.7 Å². The van der Waals surface area contributed by atoms with Crippen molar-refractivity contribution in [2.24, 2.45) is 10.7 Å². The smallest absolute Gasteiger partial charge is 0.409 e. The molecular weight excluding hydrogens is 320 g/mol. The summed E-state index contributed by atoms with van der Waals surface area (Å²) in [4.78, 5) is 17.8. The van der Waals surface area contributed by atoms with Crippen molar-refractivity contribution in [2.75, 3.05) is 33.4 Å². The van der Waals surface area contributed by atoms with Crippen LogP contribution in [0.3, 0.4) is 0 Å². The Morgan fingerprint density at radius 3 is 2.60 bits per heavy atom. The van der Waals surface area contributed by atoms with Crippen LogP contribution in [0.25, 0.3) is 0 Å².